The van der Waals surface area contributed by atoms with Gasteiger partial charge in [0.05, 0.1) is 54.2 Å². The average Bonchev–Trinajstić information content (AvgIpc) is 4.10. The van der Waals surface area contributed by atoms with Crippen LogP contribution in [0.5, 0.6) is 0 Å². The van der Waals surface area contributed by atoms with E-state index in [1.165, 1.54) is 0 Å². The molecular weight excluding hydrogens is 1070 g/mol. The number of imidazole rings is 3. The zero-order chi connectivity index (χ0) is 48.3. The van der Waals surface area contributed by atoms with Crippen LogP contribution in [0.2, 0.25) is 0 Å². The fourth-order valence-corrected chi connectivity index (χ4v) is 10.4. The molecule has 13 aromatic rings. The molecule has 7 heteroatoms. The second-order valence-corrected chi connectivity index (χ2v) is 18.3. The number of para-hydroxylation sites is 6. The summed E-state index contributed by atoms with van der Waals surface area (Å²) in [6.07, 6.45) is 10.4. The Morgan fingerprint density at radius 2 is 0.534 bits per heavy atom. The van der Waals surface area contributed by atoms with Gasteiger partial charge in [-0.1, -0.05) is 179 Å². The molecule has 0 aliphatic heterocycles. The Balaban J connectivity index is 0.00000543. The zero-order valence-corrected chi connectivity index (χ0v) is 42.7. The van der Waals surface area contributed by atoms with Gasteiger partial charge in [0.25, 0.3) is 0 Å². The fourth-order valence-electron chi connectivity index (χ4n) is 10.4. The van der Waals surface area contributed by atoms with Crippen molar-refractivity contribution in [3.05, 3.63) is 256 Å². The summed E-state index contributed by atoms with van der Waals surface area (Å²) in [5.74, 6) is 0. The van der Waals surface area contributed by atoms with Gasteiger partial charge in [-0.15, -0.1) is 16.7 Å². The minimum absolute atomic E-state index is 0. The topological polar surface area (TPSA) is 26.4 Å². The molecule has 10 aromatic carbocycles. The predicted octanol–water partition coefficient (Wildman–Crippen LogP) is 12.8. The largest absolute Gasteiger partial charge is 0.342 e. The molecule has 0 N–H and O–H groups in total. The Kier molecular flexibility index (Phi) is 11.7. The van der Waals surface area contributed by atoms with Crippen LogP contribution in [0.4, 0.5) is 0 Å². The minimum atomic E-state index is 0. The van der Waals surface area contributed by atoms with Gasteiger partial charge in [-0.3, -0.25) is 0 Å². The van der Waals surface area contributed by atoms with E-state index >= 15 is 0 Å². The summed E-state index contributed by atoms with van der Waals surface area (Å²) < 4.78 is 12.3. The van der Waals surface area contributed by atoms with E-state index in [0.717, 1.165) is 117 Å². The first kappa shape index (κ1) is 45.4. The molecule has 0 atom stereocenters. The predicted molar refractivity (Wildman–Crippen MR) is 286 cm³/mol. The van der Waals surface area contributed by atoms with Crippen LogP contribution in [0.15, 0.2) is 218 Å². The van der Waals surface area contributed by atoms with Crippen LogP contribution in [-0.2, 0) is 41.2 Å². The Hall–Kier alpha value is -8.74. The summed E-state index contributed by atoms with van der Waals surface area (Å²) in [5, 5.41) is 0. The molecule has 0 amide bonds. The molecule has 351 valence electrons. The molecule has 13 rings (SSSR count). The van der Waals surface area contributed by atoms with Gasteiger partial charge in [0.1, 0.15) is 0 Å². The third kappa shape index (κ3) is 8.09. The number of rotatable bonds is 9. The SMILES string of the molecule is C[n+]1[c-]n(-c2[c-]cc(-c3ccccc3-c3cc(-c4ccccc4-c4c[c-]c(-n5[c-][n+](C)c6ccccc65)cc4)cc(-c4ccccc4-c4c[c-]c(-n5[c-][n+](C)c6ccccc65)cc4)c3)cc2)c2ccccc21.[Ir]. The molecule has 6 nitrogen and oxygen atoms in total. The van der Waals surface area contributed by atoms with E-state index in [2.05, 4.69) is 269 Å². The molecule has 3 heterocycles. The maximum Gasteiger partial charge on any atom is 0.242 e. The van der Waals surface area contributed by atoms with Gasteiger partial charge in [0.15, 0.2) is 0 Å². The van der Waals surface area contributed by atoms with Crippen molar-refractivity contribution in [2.75, 3.05) is 0 Å². The van der Waals surface area contributed by atoms with Crippen LogP contribution in [-0.4, -0.2) is 13.7 Å². The third-order valence-electron chi connectivity index (χ3n) is 13.9. The van der Waals surface area contributed by atoms with E-state index < -0.39 is 0 Å². The van der Waals surface area contributed by atoms with Crippen LogP contribution in [0.1, 0.15) is 0 Å². The number of aryl methyl sites for hydroxylation is 3. The minimum Gasteiger partial charge on any atom is -0.342 e. The van der Waals surface area contributed by atoms with Gasteiger partial charge >= 0.3 is 0 Å². The van der Waals surface area contributed by atoms with Gasteiger partial charge in [0, 0.05) is 20.1 Å². The first-order chi connectivity index (χ1) is 35.4. The summed E-state index contributed by atoms with van der Waals surface area (Å²) in [6.45, 7) is 0. The van der Waals surface area contributed by atoms with Crippen molar-refractivity contribution in [2.24, 2.45) is 21.1 Å². The number of hydrogen-bond acceptors (Lipinski definition) is 0. The van der Waals surface area contributed by atoms with E-state index in [9.17, 15) is 0 Å². The van der Waals surface area contributed by atoms with Crippen LogP contribution >= 0.6 is 0 Å². The summed E-state index contributed by atoms with van der Waals surface area (Å²) in [7, 11) is 6.09. The van der Waals surface area contributed by atoms with Crippen LogP contribution in [0, 0.1) is 37.2 Å². The van der Waals surface area contributed by atoms with Crippen molar-refractivity contribution in [1.29, 1.82) is 0 Å². The average molecular weight is 1110 g/mol. The van der Waals surface area contributed by atoms with Crippen molar-refractivity contribution in [3.8, 4) is 83.8 Å². The zero-order valence-electron chi connectivity index (χ0n) is 40.3. The molecule has 0 aliphatic rings. The number of aromatic nitrogens is 6. The molecular formula is C66H45IrN6-3. The van der Waals surface area contributed by atoms with Crippen molar-refractivity contribution in [1.82, 2.24) is 13.7 Å². The Morgan fingerprint density at radius 1 is 0.288 bits per heavy atom. The second kappa shape index (κ2) is 18.8. The number of nitrogens with zero attached hydrogens (tertiary/aromatic N) is 6. The quantitative estimate of drug-likeness (QED) is 0.102. The van der Waals surface area contributed by atoms with E-state index in [-0.39, 0.29) is 20.1 Å². The van der Waals surface area contributed by atoms with Gasteiger partial charge in [-0.2, -0.15) is 72.8 Å². The van der Waals surface area contributed by atoms with Crippen molar-refractivity contribution >= 4 is 33.1 Å². The van der Waals surface area contributed by atoms with E-state index in [0.29, 0.717) is 0 Å². The maximum absolute atomic E-state index is 3.61. The monoisotopic (exact) mass is 1110 g/mol. The molecule has 0 aliphatic carbocycles. The van der Waals surface area contributed by atoms with Crippen LogP contribution in [0.3, 0.4) is 0 Å². The standard InChI is InChI=1S/C66H45N6.Ir/c1-67-43-70(64-25-13-10-22-61(64)67)52-34-28-46(29-35-52)55-16-4-7-19-58(55)49-40-50(59-20-8-5-17-56(59)47-30-36-53(37-31-47)71-44-68(2)62-23-11-14-26-65(62)71)42-51(41-49)60-21-9-6-18-57(60)48-32-38-54(39-33-48)72-45-69(3)63-24-12-15-27-66(63)72;/h4-34,36,38,40-42H,1-3H3;/q-3;. The van der Waals surface area contributed by atoms with Gasteiger partial charge < -0.3 is 27.4 Å². The Morgan fingerprint density at radius 3 is 0.795 bits per heavy atom. The first-order valence-corrected chi connectivity index (χ1v) is 24.1. The summed E-state index contributed by atoms with van der Waals surface area (Å²) in [4.78, 5) is 0. The first-order valence-electron chi connectivity index (χ1n) is 24.1. The molecule has 0 unspecified atom stereocenters. The van der Waals surface area contributed by atoms with Crippen molar-refractivity contribution in [2.45, 2.75) is 0 Å². The number of fused-ring (bicyclic) bond motifs is 3. The van der Waals surface area contributed by atoms with E-state index in [1.807, 2.05) is 34.8 Å². The normalized spacial score (nSPS) is 11.4. The third-order valence-corrected chi connectivity index (χ3v) is 13.9. The number of hydrogen-bond donors (Lipinski definition) is 0. The Bertz CT molecular complexity index is 3740. The molecule has 0 spiro atoms. The van der Waals surface area contributed by atoms with E-state index in [4.69, 9.17) is 0 Å². The molecule has 0 saturated carbocycles. The van der Waals surface area contributed by atoms with Crippen LogP contribution < -0.4 is 13.7 Å². The summed E-state index contributed by atoms with van der Waals surface area (Å²) >= 11 is 0. The summed E-state index contributed by atoms with van der Waals surface area (Å²) in [5.41, 5.74) is 22.7. The summed E-state index contributed by atoms with van der Waals surface area (Å²) in [6, 6.07) is 88.5. The molecule has 1 radical (unpaired) electrons. The van der Waals surface area contributed by atoms with Gasteiger partial charge in [0.2, 0.25) is 19.0 Å². The van der Waals surface area contributed by atoms with Crippen LogP contribution in [0.25, 0.3) is 117 Å². The van der Waals surface area contributed by atoms with Crippen molar-refractivity contribution in [3.63, 3.8) is 0 Å². The van der Waals surface area contributed by atoms with E-state index in [1.54, 1.807) is 0 Å². The maximum atomic E-state index is 3.61. The fraction of sp³-hybridized carbons (Fsp3) is 0.0455. The molecule has 0 fully saturated rings. The molecule has 0 saturated heterocycles. The smallest absolute Gasteiger partial charge is 0.242 e. The van der Waals surface area contributed by atoms with Crippen molar-refractivity contribution < 1.29 is 33.8 Å². The number of benzene rings is 10. The second-order valence-electron chi connectivity index (χ2n) is 18.3. The molecule has 73 heavy (non-hydrogen) atoms. The van der Waals surface area contributed by atoms with Gasteiger partial charge in [-0.25, -0.2) is 0 Å². The Labute approximate surface area is 438 Å². The molecule has 3 aromatic heterocycles. The molecule has 0 bridgehead atoms. The van der Waals surface area contributed by atoms with Gasteiger partial charge in [-0.05, 0) is 51.6 Å².